The van der Waals surface area contributed by atoms with Crippen LogP contribution in [0.25, 0.3) is 0 Å². The van der Waals surface area contributed by atoms with Crippen molar-refractivity contribution < 1.29 is 4.58 Å². The molecule has 0 aliphatic rings. The van der Waals surface area contributed by atoms with Crippen molar-refractivity contribution in [2.75, 3.05) is 0 Å². The number of rotatable bonds is 2. The van der Waals surface area contributed by atoms with E-state index < -0.39 is 19.1 Å². The van der Waals surface area contributed by atoms with Gasteiger partial charge >= 0.3 is 72.0 Å². The van der Waals surface area contributed by atoms with Gasteiger partial charge in [0, 0.05) is 0 Å². The van der Waals surface area contributed by atoms with Gasteiger partial charge in [0.15, 0.2) is 0 Å². The molecule has 13 heteroatoms. The van der Waals surface area contributed by atoms with Gasteiger partial charge < -0.3 is 0 Å². The van der Waals surface area contributed by atoms with Crippen LogP contribution in [0.15, 0.2) is 0 Å². The molecule has 0 aromatic carbocycles. The number of alkyl halides is 4. The molecule has 0 radical (unpaired) electrons. The second kappa shape index (κ2) is 7.10. The fourth-order valence-corrected chi connectivity index (χ4v) is 1.53. The van der Waals surface area contributed by atoms with Crippen LogP contribution in [0.5, 0.6) is 0 Å². The van der Waals surface area contributed by atoms with Gasteiger partial charge in [0.1, 0.15) is 0 Å². The number of hydrogen-bond acceptors (Lipinski definition) is 0. The van der Waals surface area contributed by atoms with E-state index in [4.69, 9.17) is 111 Å². The van der Waals surface area contributed by atoms with Gasteiger partial charge in [0.2, 0.25) is 5.67 Å². The van der Waals surface area contributed by atoms with Crippen LogP contribution in [0.3, 0.4) is 0 Å². The van der Waals surface area contributed by atoms with Crippen LogP contribution in [0.2, 0.25) is 0 Å². The predicted octanol–water partition coefficient (Wildman–Crippen LogP) is 6.54. The average Bonchev–Trinajstić information content (AvgIpc) is 1.77. The first-order valence-electron chi connectivity index (χ1n) is 2.88. The van der Waals surface area contributed by atoms with Gasteiger partial charge in [-0.2, -0.15) is 4.58 Å². The molecule has 0 atom stereocenters. The third-order valence-electron chi connectivity index (χ3n) is 0.563. The van der Waals surface area contributed by atoms with Crippen LogP contribution in [0.4, 0.5) is 0 Å². The van der Waals surface area contributed by atoms with E-state index in [0.717, 1.165) is 10.2 Å². The zero-order chi connectivity index (χ0) is 13.8. The number of halogens is 11. The molecule has 0 aliphatic carbocycles. The van der Waals surface area contributed by atoms with Crippen LogP contribution >= 0.6 is 111 Å². The van der Waals surface area contributed by atoms with Crippen LogP contribution in [0.1, 0.15) is 0 Å². The number of nitrogens with zero attached hydrogens (tertiary/aromatic N) is 1. The summed E-state index contributed by atoms with van der Waals surface area (Å²) in [5.74, 6) is 0. The summed E-state index contributed by atoms with van der Waals surface area (Å²) in [6.45, 7) is 0. The normalized spacial score (nSPS) is 16.1. The van der Waals surface area contributed by atoms with Gasteiger partial charge in [-0.05, 0) is 58.0 Å². The summed E-state index contributed by atoms with van der Waals surface area (Å²) in [6.07, 6.45) is 0. The van der Waals surface area contributed by atoms with E-state index in [2.05, 4.69) is 0 Å². The molecule has 0 aromatic heterocycles. The SMILES string of the molecule is ClC=[N+](C(Cl)Cl)C(Cl)Cl.[Cl][Sb-]([Cl])([Cl])([Cl])([Cl])[Cl]. The maximum absolute atomic E-state index is 5.42. The van der Waals surface area contributed by atoms with Gasteiger partial charge in [-0.1, -0.05) is 0 Å². The van der Waals surface area contributed by atoms with E-state index in [9.17, 15) is 0 Å². The van der Waals surface area contributed by atoms with Gasteiger partial charge in [0.05, 0.1) is 0 Å². The van der Waals surface area contributed by atoms with Crippen molar-refractivity contribution >= 4 is 126 Å². The molecule has 0 spiro atoms. The van der Waals surface area contributed by atoms with Gasteiger partial charge in [-0.15, -0.1) is 0 Å². The Kier molecular flexibility index (Phi) is 9.74. The summed E-state index contributed by atoms with van der Waals surface area (Å²) in [5.41, 5.74) is 1.09. The average molecular weight is 565 g/mol. The topological polar surface area (TPSA) is 3.01 Å². The van der Waals surface area contributed by atoms with E-state index in [-0.39, 0.29) is 0 Å². The van der Waals surface area contributed by atoms with E-state index in [1.54, 1.807) is 0 Å². The Bertz CT molecular complexity index is 224. The van der Waals surface area contributed by atoms with Crippen LogP contribution in [-0.2, 0) is 0 Å². The van der Waals surface area contributed by atoms with Crippen LogP contribution in [0, 0.1) is 0 Å². The predicted molar refractivity (Wildman–Crippen MR) is 84.0 cm³/mol. The van der Waals surface area contributed by atoms with Crippen molar-refractivity contribution in [2.45, 2.75) is 9.92 Å². The quantitative estimate of drug-likeness (QED) is 0.118. The summed E-state index contributed by atoms with van der Waals surface area (Å²) in [4.78, 5) is -1.63. The zero-order valence-electron chi connectivity index (χ0n) is 6.78. The van der Waals surface area contributed by atoms with E-state index in [1.165, 1.54) is 0 Å². The fourth-order valence-electron chi connectivity index (χ4n) is 0.170. The standard InChI is InChI=1S/C3H3Cl5N.6ClH.Sb/c4-1-9(2(5)6)3(7)8;;;;;;;/h1-3H;6*1H;/q+1;;;;;;;+5/p-6. The molecule has 0 bridgehead atoms. The molecular weight excluding hydrogens is 562 g/mol. The Morgan fingerprint density at radius 1 is 0.750 bits per heavy atom. The first-order valence-corrected chi connectivity index (χ1v) is 24.5. The molecule has 1 nitrogen and oxygen atoms in total. The molecule has 102 valence electrons. The van der Waals surface area contributed by atoms with E-state index in [0.29, 0.717) is 0 Å². The maximum atomic E-state index is 5.35. The van der Waals surface area contributed by atoms with Crippen LogP contribution in [-0.4, -0.2) is 29.3 Å². The molecule has 0 rings (SSSR count). The molecule has 0 aliphatic heterocycles. The molecule has 0 saturated carbocycles. The Morgan fingerprint density at radius 3 is 0.938 bits per heavy atom. The Morgan fingerprint density at radius 2 is 0.938 bits per heavy atom. The number of hydrogen-bond donors (Lipinski definition) is 0. The second-order valence-corrected chi connectivity index (χ2v) is 61.3. The molecular formula is C3H3Cl11NSb. The Hall–Kier alpha value is 3.68. The van der Waals surface area contributed by atoms with Crippen LogP contribution < -0.4 is 0 Å². The monoisotopic (exact) mass is 559 g/mol. The summed E-state index contributed by atoms with van der Waals surface area (Å²) >= 11 is 26.6. The van der Waals surface area contributed by atoms with Crippen molar-refractivity contribution in [1.82, 2.24) is 0 Å². The summed E-state index contributed by atoms with van der Waals surface area (Å²) < 4.78 is 1.16. The van der Waals surface area contributed by atoms with Crippen molar-refractivity contribution in [1.29, 1.82) is 0 Å². The molecule has 0 heterocycles. The molecule has 16 heavy (non-hydrogen) atoms. The third-order valence-corrected chi connectivity index (χ3v) is 1.69. The summed E-state index contributed by atoms with van der Waals surface area (Å²) in [6, 6.07) is 0. The van der Waals surface area contributed by atoms with Crippen molar-refractivity contribution in [3.63, 3.8) is 0 Å². The third kappa shape index (κ3) is 26.3. The minimum absolute atomic E-state index is 0.817. The van der Waals surface area contributed by atoms with Gasteiger partial charge in [-0.25, -0.2) is 0 Å². The molecule has 0 aromatic rings. The molecule has 0 fully saturated rings. The Balaban J connectivity index is 0. The molecule has 0 unspecified atom stereocenters. The van der Waals surface area contributed by atoms with Crippen molar-refractivity contribution in [3.05, 3.63) is 0 Å². The second-order valence-electron chi connectivity index (χ2n) is 2.06. The first kappa shape index (κ1) is 22.0. The minimum atomic E-state index is -5.42. The Labute approximate surface area is 138 Å². The molecule has 0 saturated heterocycles. The fraction of sp³-hybridized carbons (Fsp3) is 0.667. The van der Waals surface area contributed by atoms with Gasteiger partial charge in [-0.3, -0.25) is 0 Å². The summed E-state index contributed by atoms with van der Waals surface area (Å²) in [7, 11) is 25.0. The van der Waals surface area contributed by atoms with Gasteiger partial charge in [0.25, 0.3) is 0 Å². The van der Waals surface area contributed by atoms with Crippen molar-refractivity contribution in [2.24, 2.45) is 0 Å². The molecule has 0 N–H and O–H groups in total. The van der Waals surface area contributed by atoms with E-state index in [1.807, 2.05) is 0 Å². The first-order chi connectivity index (χ1) is 6.54. The van der Waals surface area contributed by atoms with Crippen molar-refractivity contribution in [3.8, 4) is 0 Å². The van der Waals surface area contributed by atoms with E-state index >= 15 is 0 Å². The molecule has 0 amide bonds. The zero-order valence-corrected chi connectivity index (χ0v) is 17.7. The summed E-state index contributed by atoms with van der Waals surface area (Å²) in [5, 5.41) is 0.